The van der Waals surface area contributed by atoms with Crippen LogP contribution in [0.3, 0.4) is 0 Å². The fraction of sp³-hybridized carbons (Fsp3) is 0.385. The van der Waals surface area contributed by atoms with Crippen LogP contribution < -0.4 is 4.90 Å². The van der Waals surface area contributed by atoms with E-state index in [2.05, 4.69) is 22.0 Å². The zero-order valence-electron chi connectivity index (χ0n) is 10.3. The van der Waals surface area contributed by atoms with Crippen LogP contribution in [0, 0.1) is 18.3 Å². The summed E-state index contributed by atoms with van der Waals surface area (Å²) in [6.45, 7) is 5.16. The Labute approximate surface area is 105 Å². The Morgan fingerprint density at radius 3 is 2.83 bits per heavy atom. The van der Waals surface area contributed by atoms with Crippen molar-refractivity contribution in [2.45, 2.75) is 6.92 Å². The third kappa shape index (κ3) is 1.62. The number of fused-ring (bicyclic) bond motifs is 1. The van der Waals surface area contributed by atoms with Crippen molar-refractivity contribution < 1.29 is 4.74 Å². The molecule has 0 unspecified atom stereocenters. The highest BCUT2D eigenvalue weighted by Crippen LogP contribution is 2.22. The summed E-state index contributed by atoms with van der Waals surface area (Å²) in [5, 5.41) is 9.18. The zero-order chi connectivity index (χ0) is 12.5. The van der Waals surface area contributed by atoms with E-state index in [-0.39, 0.29) is 0 Å². The molecule has 18 heavy (non-hydrogen) atoms. The normalized spacial score (nSPS) is 15.9. The second-order valence-corrected chi connectivity index (χ2v) is 4.39. The van der Waals surface area contributed by atoms with E-state index in [1.165, 1.54) is 0 Å². The first-order valence-electron chi connectivity index (χ1n) is 6.01. The second kappa shape index (κ2) is 4.31. The Bertz CT molecular complexity index is 620. The second-order valence-electron chi connectivity index (χ2n) is 4.39. The van der Waals surface area contributed by atoms with Crippen molar-refractivity contribution in [3.8, 4) is 6.07 Å². The van der Waals surface area contributed by atoms with E-state index < -0.39 is 0 Å². The number of pyridine rings is 1. The molecule has 1 saturated heterocycles. The van der Waals surface area contributed by atoms with Gasteiger partial charge in [-0.05, 0) is 18.6 Å². The van der Waals surface area contributed by atoms with Crippen LogP contribution in [0.5, 0.6) is 0 Å². The highest BCUT2D eigenvalue weighted by Gasteiger charge is 2.17. The number of aromatic nitrogens is 2. The van der Waals surface area contributed by atoms with E-state index in [9.17, 15) is 5.26 Å². The average Bonchev–Trinajstić information content (AvgIpc) is 2.85. The topological polar surface area (TPSA) is 53.6 Å². The molecule has 0 amide bonds. The maximum atomic E-state index is 9.18. The lowest BCUT2D eigenvalue weighted by Gasteiger charge is -2.29. The van der Waals surface area contributed by atoms with Crippen molar-refractivity contribution in [2.24, 2.45) is 0 Å². The number of nitriles is 1. The van der Waals surface area contributed by atoms with Crippen molar-refractivity contribution in [2.75, 3.05) is 31.2 Å². The van der Waals surface area contributed by atoms with Crippen LogP contribution in [0.4, 0.5) is 5.82 Å². The quantitative estimate of drug-likeness (QED) is 0.757. The van der Waals surface area contributed by atoms with Crippen LogP contribution in [0.15, 0.2) is 18.3 Å². The molecule has 2 aromatic rings. The van der Waals surface area contributed by atoms with Gasteiger partial charge >= 0.3 is 0 Å². The lowest BCUT2D eigenvalue weighted by Crippen LogP contribution is -2.37. The van der Waals surface area contributed by atoms with E-state index in [4.69, 9.17) is 4.74 Å². The first-order chi connectivity index (χ1) is 8.81. The van der Waals surface area contributed by atoms with Gasteiger partial charge in [-0.3, -0.25) is 4.40 Å². The van der Waals surface area contributed by atoms with Crippen LogP contribution in [-0.2, 0) is 4.74 Å². The molecule has 1 fully saturated rings. The van der Waals surface area contributed by atoms with Crippen LogP contribution in [0.1, 0.15) is 11.3 Å². The molecule has 2 aromatic heterocycles. The van der Waals surface area contributed by atoms with E-state index >= 15 is 0 Å². The Morgan fingerprint density at radius 2 is 2.11 bits per heavy atom. The smallest absolute Gasteiger partial charge is 0.146 e. The molecule has 0 bridgehead atoms. The van der Waals surface area contributed by atoms with Gasteiger partial charge in [0.1, 0.15) is 23.2 Å². The van der Waals surface area contributed by atoms with Crippen molar-refractivity contribution in [3.63, 3.8) is 0 Å². The number of morpholine rings is 1. The van der Waals surface area contributed by atoms with Crippen LogP contribution in [0.2, 0.25) is 0 Å². The summed E-state index contributed by atoms with van der Waals surface area (Å²) >= 11 is 0. The summed E-state index contributed by atoms with van der Waals surface area (Å²) in [6, 6.07) is 6.30. The predicted octanol–water partition coefficient (Wildman–Crippen LogP) is 1.35. The fourth-order valence-corrected chi connectivity index (χ4v) is 2.33. The SMILES string of the molecule is Cc1ccc(N2CCOCC2)n2c(C#N)cnc12. The van der Waals surface area contributed by atoms with Crippen molar-refractivity contribution in [1.29, 1.82) is 5.26 Å². The van der Waals surface area contributed by atoms with Gasteiger partial charge in [0.25, 0.3) is 0 Å². The molecular formula is C13H14N4O. The van der Waals surface area contributed by atoms with Gasteiger partial charge in [-0.15, -0.1) is 0 Å². The zero-order valence-corrected chi connectivity index (χ0v) is 10.3. The average molecular weight is 242 g/mol. The minimum atomic E-state index is 0.579. The summed E-state index contributed by atoms with van der Waals surface area (Å²) in [6.07, 6.45) is 1.63. The van der Waals surface area contributed by atoms with Gasteiger partial charge in [0, 0.05) is 13.1 Å². The highest BCUT2D eigenvalue weighted by atomic mass is 16.5. The predicted molar refractivity (Wildman–Crippen MR) is 67.7 cm³/mol. The minimum Gasteiger partial charge on any atom is -0.378 e. The Hall–Kier alpha value is -2.06. The van der Waals surface area contributed by atoms with Gasteiger partial charge < -0.3 is 9.64 Å². The molecule has 5 nitrogen and oxygen atoms in total. The molecule has 0 atom stereocenters. The van der Waals surface area contributed by atoms with E-state index in [1.807, 2.05) is 17.4 Å². The summed E-state index contributed by atoms with van der Waals surface area (Å²) in [4.78, 5) is 6.56. The van der Waals surface area contributed by atoms with Crippen molar-refractivity contribution in [3.05, 3.63) is 29.6 Å². The Balaban J connectivity index is 2.19. The first kappa shape index (κ1) is 11.1. The van der Waals surface area contributed by atoms with Gasteiger partial charge in [-0.1, -0.05) is 6.07 Å². The Kier molecular flexibility index (Phi) is 2.65. The van der Waals surface area contributed by atoms with E-state index in [0.29, 0.717) is 5.69 Å². The molecule has 0 N–H and O–H groups in total. The number of hydrogen-bond donors (Lipinski definition) is 0. The molecule has 0 aliphatic carbocycles. The summed E-state index contributed by atoms with van der Waals surface area (Å²) in [7, 11) is 0. The highest BCUT2D eigenvalue weighted by molar-refractivity contribution is 5.59. The lowest BCUT2D eigenvalue weighted by atomic mass is 10.2. The molecule has 92 valence electrons. The molecule has 0 radical (unpaired) electrons. The molecule has 3 heterocycles. The number of hydrogen-bond acceptors (Lipinski definition) is 4. The molecule has 0 aromatic carbocycles. The lowest BCUT2D eigenvalue weighted by molar-refractivity contribution is 0.122. The molecule has 5 heteroatoms. The molecule has 1 aliphatic heterocycles. The van der Waals surface area contributed by atoms with Gasteiger partial charge in [-0.2, -0.15) is 5.26 Å². The number of anilines is 1. The van der Waals surface area contributed by atoms with Crippen LogP contribution in [-0.4, -0.2) is 35.7 Å². The summed E-state index contributed by atoms with van der Waals surface area (Å²) in [5.41, 5.74) is 2.51. The monoisotopic (exact) mass is 242 g/mol. The Morgan fingerprint density at radius 1 is 1.33 bits per heavy atom. The van der Waals surface area contributed by atoms with Crippen molar-refractivity contribution >= 4 is 11.5 Å². The van der Waals surface area contributed by atoms with Crippen LogP contribution >= 0.6 is 0 Å². The molecule has 1 aliphatic rings. The van der Waals surface area contributed by atoms with Crippen molar-refractivity contribution in [1.82, 2.24) is 9.38 Å². The first-order valence-corrected chi connectivity index (χ1v) is 6.01. The molecular weight excluding hydrogens is 228 g/mol. The number of aryl methyl sites for hydroxylation is 1. The number of imidazole rings is 1. The minimum absolute atomic E-state index is 0.579. The number of rotatable bonds is 1. The third-order valence-electron chi connectivity index (χ3n) is 3.28. The van der Waals surface area contributed by atoms with Gasteiger partial charge in [0.2, 0.25) is 0 Å². The molecule has 0 spiro atoms. The fourth-order valence-electron chi connectivity index (χ4n) is 2.33. The van der Waals surface area contributed by atoms with Gasteiger partial charge in [0.05, 0.1) is 19.4 Å². The molecule has 0 saturated carbocycles. The van der Waals surface area contributed by atoms with Gasteiger partial charge in [0.15, 0.2) is 0 Å². The van der Waals surface area contributed by atoms with E-state index in [0.717, 1.165) is 43.3 Å². The molecule has 3 rings (SSSR count). The summed E-state index contributed by atoms with van der Waals surface area (Å²) < 4.78 is 7.29. The maximum Gasteiger partial charge on any atom is 0.146 e. The van der Waals surface area contributed by atoms with Crippen LogP contribution in [0.25, 0.3) is 5.65 Å². The summed E-state index contributed by atoms with van der Waals surface area (Å²) in [5.74, 6) is 1.02. The number of ether oxygens (including phenoxy) is 1. The maximum absolute atomic E-state index is 9.18. The largest absolute Gasteiger partial charge is 0.378 e. The van der Waals surface area contributed by atoms with Gasteiger partial charge in [-0.25, -0.2) is 4.98 Å². The third-order valence-corrected chi connectivity index (χ3v) is 3.28. The van der Waals surface area contributed by atoms with E-state index in [1.54, 1.807) is 6.20 Å². The standard InChI is InChI=1S/C13H14N4O/c1-10-2-3-12(16-4-6-18-7-5-16)17-11(8-14)9-15-13(10)17/h2-3,9H,4-7H2,1H3. The number of nitrogens with zero attached hydrogens (tertiary/aromatic N) is 4.